The van der Waals surface area contributed by atoms with Crippen LogP contribution in [0.25, 0.3) is 0 Å². The number of nitrogens with zero attached hydrogens (tertiary/aromatic N) is 2. The third-order valence-electron chi connectivity index (χ3n) is 6.94. The molecule has 10 heteroatoms. The van der Waals surface area contributed by atoms with E-state index in [9.17, 15) is 28.9 Å². The van der Waals surface area contributed by atoms with E-state index in [1.165, 1.54) is 58.7 Å². The first-order valence-electron chi connectivity index (χ1n) is 12.1. The summed E-state index contributed by atoms with van der Waals surface area (Å²) < 4.78 is 19.0. The summed E-state index contributed by atoms with van der Waals surface area (Å²) >= 11 is 1.40. The minimum Gasteiger partial charge on any atom is -0.465 e. The lowest BCUT2D eigenvalue weighted by molar-refractivity contribution is -0.384. The summed E-state index contributed by atoms with van der Waals surface area (Å²) in [7, 11) is 0. The fourth-order valence-electron chi connectivity index (χ4n) is 5.33. The minimum atomic E-state index is -1.13. The number of halogens is 1. The highest BCUT2D eigenvalue weighted by Crippen LogP contribution is 2.50. The zero-order valence-electron chi connectivity index (χ0n) is 20.3. The molecule has 1 amide bonds. The molecule has 194 valence electrons. The van der Waals surface area contributed by atoms with E-state index in [1.54, 1.807) is 13.0 Å². The molecule has 5 rings (SSSR count). The van der Waals surface area contributed by atoms with Crippen LogP contribution >= 0.6 is 11.3 Å². The van der Waals surface area contributed by atoms with Crippen LogP contribution in [0.1, 0.15) is 42.0 Å². The molecule has 0 N–H and O–H groups in total. The number of nitro benzene ring substituents is 1. The zero-order chi connectivity index (χ0) is 27.0. The summed E-state index contributed by atoms with van der Waals surface area (Å²) in [4.78, 5) is 54.2. The van der Waals surface area contributed by atoms with Gasteiger partial charge in [-0.2, -0.15) is 0 Å². The Morgan fingerprint density at radius 3 is 2.55 bits per heavy atom. The summed E-state index contributed by atoms with van der Waals surface area (Å²) in [5.74, 6) is -4.41. The normalized spacial score (nSPS) is 21.3. The highest BCUT2D eigenvalue weighted by atomic mass is 32.1. The van der Waals surface area contributed by atoms with Crippen molar-refractivity contribution in [1.29, 1.82) is 0 Å². The molecule has 38 heavy (non-hydrogen) atoms. The SMILES string of the molecule is CCOC(=O)C1C(=O)C2=C(CC1c1cccs1)N(c1ccc(F)cc1)C(=O)CC2c1cccc([N+](=O)[O-])c1. The van der Waals surface area contributed by atoms with Gasteiger partial charge in [0.25, 0.3) is 5.69 Å². The van der Waals surface area contributed by atoms with Gasteiger partial charge in [-0.05, 0) is 54.6 Å². The molecule has 0 fully saturated rings. The van der Waals surface area contributed by atoms with Crippen LogP contribution in [-0.2, 0) is 19.1 Å². The largest absolute Gasteiger partial charge is 0.465 e. The number of carbonyl (C=O) groups is 3. The van der Waals surface area contributed by atoms with Crippen LogP contribution in [0, 0.1) is 21.8 Å². The van der Waals surface area contributed by atoms with Crippen molar-refractivity contribution in [1.82, 2.24) is 0 Å². The molecule has 2 aromatic carbocycles. The summed E-state index contributed by atoms with van der Waals surface area (Å²) in [6.07, 6.45) is 0.0297. The number of non-ortho nitro benzene ring substituents is 1. The average Bonchev–Trinajstić information content (AvgIpc) is 3.44. The molecule has 0 radical (unpaired) electrons. The van der Waals surface area contributed by atoms with Gasteiger partial charge in [-0.3, -0.25) is 29.4 Å². The second kappa shape index (κ2) is 10.3. The van der Waals surface area contributed by atoms with E-state index in [1.807, 2.05) is 17.5 Å². The molecule has 1 aromatic heterocycles. The number of anilines is 1. The summed E-state index contributed by atoms with van der Waals surface area (Å²) in [6.45, 7) is 1.76. The van der Waals surface area contributed by atoms with Crippen molar-refractivity contribution in [3.63, 3.8) is 0 Å². The molecule has 3 aromatic rings. The van der Waals surface area contributed by atoms with Crippen molar-refractivity contribution >= 4 is 40.4 Å². The van der Waals surface area contributed by atoms with Crippen molar-refractivity contribution in [3.05, 3.63) is 104 Å². The predicted molar refractivity (Wildman–Crippen MR) is 138 cm³/mol. The third kappa shape index (κ3) is 4.51. The number of allylic oxidation sites excluding steroid dienone is 2. The maximum Gasteiger partial charge on any atom is 0.317 e. The second-order valence-electron chi connectivity index (χ2n) is 9.09. The van der Waals surface area contributed by atoms with Gasteiger partial charge in [0.1, 0.15) is 11.7 Å². The Balaban J connectivity index is 1.72. The molecule has 8 nitrogen and oxygen atoms in total. The smallest absolute Gasteiger partial charge is 0.317 e. The maximum absolute atomic E-state index is 14.2. The van der Waals surface area contributed by atoms with Crippen LogP contribution in [-0.4, -0.2) is 29.2 Å². The first-order chi connectivity index (χ1) is 18.3. The highest BCUT2D eigenvalue weighted by Gasteiger charge is 2.50. The molecule has 1 aliphatic carbocycles. The van der Waals surface area contributed by atoms with Crippen LogP contribution in [0.5, 0.6) is 0 Å². The Labute approximate surface area is 221 Å². The van der Waals surface area contributed by atoms with Gasteiger partial charge in [0.2, 0.25) is 5.91 Å². The van der Waals surface area contributed by atoms with Gasteiger partial charge < -0.3 is 4.74 Å². The quantitative estimate of drug-likeness (QED) is 0.179. The lowest BCUT2D eigenvalue weighted by Crippen LogP contribution is -2.46. The van der Waals surface area contributed by atoms with E-state index >= 15 is 0 Å². The van der Waals surface area contributed by atoms with E-state index < -0.39 is 40.2 Å². The van der Waals surface area contributed by atoms with E-state index in [2.05, 4.69) is 0 Å². The molecule has 3 atom stereocenters. The number of nitro groups is 1. The van der Waals surface area contributed by atoms with Crippen molar-refractivity contribution in [3.8, 4) is 0 Å². The van der Waals surface area contributed by atoms with Gasteiger partial charge in [-0.15, -0.1) is 11.3 Å². The maximum atomic E-state index is 14.2. The van der Waals surface area contributed by atoms with E-state index in [4.69, 9.17) is 4.74 Å². The molecule has 0 spiro atoms. The highest BCUT2D eigenvalue weighted by molar-refractivity contribution is 7.10. The predicted octanol–water partition coefficient (Wildman–Crippen LogP) is 5.51. The Bertz CT molecular complexity index is 1450. The molecule has 2 aliphatic rings. The van der Waals surface area contributed by atoms with Crippen LogP contribution in [0.2, 0.25) is 0 Å². The van der Waals surface area contributed by atoms with Crippen molar-refractivity contribution in [2.45, 2.75) is 31.6 Å². The number of thiophene rings is 1. The fourth-order valence-corrected chi connectivity index (χ4v) is 6.20. The number of esters is 1. The number of ketones is 1. The van der Waals surface area contributed by atoms with E-state index in [0.717, 1.165) is 4.88 Å². The van der Waals surface area contributed by atoms with Gasteiger partial charge >= 0.3 is 5.97 Å². The Hall–Kier alpha value is -4.18. The van der Waals surface area contributed by atoms with E-state index in [-0.39, 0.29) is 36.6 Å². The summed E-state index contributed by atoms with van der Waals surface area (Å²) in [5.41, 5.74) is 1.33. The van der Waals surface area contributed by atoms with Gasteiger partial charge in [0, 0.05) is 52.2 Å². The van der Waals surface area contributed by atoms with E-state index in [0.29, 0.717) is 16.9 Å². The third-order valence-corrected chi connectivity index (χ3v) is 7.94. The molecular formula is C28H23FN2O6S. The topological polar surface area (TPSA) is 107 Å². The standard InChI is InChI=1S/C28H23FN2O6S/c1-2-37-28(34)26-21(23-7-4-12-38-23)14-22-25(27(26)33)20(16-5-3-6-19(13-16)31(35)36)15-24(32)30(22)18-10-8-17(29)9-11-18/h3-13,20-21,26H,2,14-15H2,1H3. The van der Waals surface area contributed by atoms with Crippen molar-refractivity contribution < 1.29 is 28.4 Å². The number of benzene rings is 2. The lowest BCUT2D eigenvalue weighted by Gasteiger charge is -2.42. The van der Waals surface area contributed by atoms with Gasteiger partial charge in [-0.25, -0.2) is 4.39 Å². The molecule has 1 aliphatic heterocycles. The van der Waals surface area contributed by atoms with Crippen LogP contribution in [0.3, 0.4) is 0 Å². The number of ether oxygens (including phenoxy) is 1. The number of hydrogen-bond donors (Lipinski definition) is 0. The van der Waals surface area contributed by atoms with Gasteiger partial charge in [0.15, 0.2) is 5.78 Å². The first kappa shape index (κ1) is 25.5. The number of rotatable bonds is 6. The Morgan fingerprint density at radius 2 is 1.89 bits per heavy atom. The molecule has 0 saturated heterocycles. The summed E-state index contributed by atoms with van der Waals surface area (Å²) in [6, 6.07) is 14.9. The zero-order valence-corrected chi connectivity index (χ0v) is 21.2. The fraction of sp³-hybridized carbons (Fsp3) is 0.250. The number of amides is 1. The number of hydrogen-bond acceptors (Lipinski definition) is 7. The Morgan fingerprint density at radius 1 is 1.13 bits per heavy atom. The Kier molecular flexibility index (Phi) is 6.90. The van der Waals surface area contributed by atoms with Gasteiger partial charge in [0.05, 0.1) is 11.5 Å². The summed E-state index contributed by atoms with van der Waals surface area (Å²) in [5, 5.41) is 13.3. The molecule has 3 unspecified atom stereocenters. The lowest BCUT2D eigenvalue weighted by atomic mass is 9.69. The number of carbonyl (C=O) groups excluding carboxylic acids is 3. The monoisotopic (exact) mass is 534 g/mol. The van der Waals surface area contributed by atoms with Crippen LogP contribution < -0.4 is 4.90 Å². The first-order valence-corrected chi connectivity index (χ1v) is 13.0. The minimum absolute atomic E-state index is 0.0974. The molecule has 2 heterocycles. The van der Waals surface area contributed by atoms with Gasteiger partial charge in [-0.1, -0.05) is 18.2 Å². The van der Waals surface area contributed by atoms with Crippen LogP contribution in [0.4, 0.5) is 15.8 Å². The number of Topliss-reactive ketones (excluding diaryl/α,β-unsaturated/α-hetero) is 1. The molecular weight excluding hydrogens is 511 g/mol. The van der Waals surface area contributed by atoms with Crippen molar-refractivity contribution in [2.24, 2.45) is 5.92 Å². The molecule has 0 saturated carbocycles. The average molecular weight is 535 g/mol. The van der Waals surface area contributed by atoms with Crippen molar-refractivity contribution in [2.75, 3.05) is 11.5 Å². The van der Waals surface area contributed by atoms with Crippen LogP contribution in [0.15, 0.2) is 77.3 Å². The molecule has 0 bridgehead atoms. The second-order valence-corrected chi connectivity index (χ2v) is 10.1.